The summed E-state index contributed by atoms with van der Waals surface area (Å²) in [5.74, 6) is -2.00. The van der Waals surface area contributed by atoms with E-state index < -0.39 is 23.5 Å². The van der Waals surface area contributed by atoms with Crippen molar-refractivity contribution in [3.8, 4) is 11.5 Å². The minimum absolute atomic E-state index is 0.0122. The van der Waals surface area contributed by atoms with Gasteiger partial charge in [0.1, 0.15) is 0 Å². The molecule has 0 spiro atoms. The monoisotopic (exact) mass is 462 g/mol. The van der Waals surface area contributed by atoms with E-state index in [1.807, 2.05) is 25.1 Å². The van der Waals surface area contributed by atoms with Crippen molar-refractivity contribution in [2.24, 2.45) is 0 Å². The van der Waals surface area contributed by atoms with Crippen molar-refractivity contribution in [2.45, 2.75) is 13.0 Å². The van der Waals surface area contributed by atoms with Crippen LogP contribution in [-0.2, 0) is 4.79 Å². The van der Waals surface area contributed by atoms with Crippen LogP contribution in [0.25, 0.3) is 10.2 Å². The van der Waals surface area contributed by atoms with E-state index in [1.165, 1.54) is 47.8 Å². The minimum Gasteiger partial charge on any atom is -0.504 e. The number of carbonyl (C=O) groups is 2. The summed E-state index contributed by atoms with van der Waals surface area (Å²) in [5.41, 5.74) is 2.05. The van der Waals surface area contributed by atoms with Gasteiger partial charge in [-0.25, -0.2) is 4.98 Å². The summed E-state index contributed by atoms with van der Waals surface area (Å²) in [4.78, 5) is 32.4. The van der Waals surface area contributed by atoms with Crippen molar-refractivity contribution in [1.29, 1.82) is 0 Å². The molecule has 3 heterocycles. The number of aryl methyl sites for hydroxylation is 1. The zero-order valence-corrected chi connectivity index (χ0v) is 18.4. The van der Waals surface area contributed by atoms with Gasteiger partial charge in [0.2, 0.25) is 5.78 Å². The Morgan fingerprint density at radius 2 is 2.00 bits per heavy atom. The van der Waals surface area contributed by atoms with Gasteiger partial charge in [-0.1, -0.05) is 23.5 Å². The van der Waals surface area contributed by atoms with Crippen LogP contribution in [0.15, 0.2) is 70.5 Å². The molecule has 1 amide bonds. The second-order valence-corrected chi connectivity index (χ2v) is 8.55. The number of amides is 1. The Morgan fingerprint density at radius 1 is 1.18 bits per heavy atom. The highest BCUT2D eigenvalue weighted by Gasteiger charge is 2.46. The maximum atomic E-state index is 13.3. The number of furan rings is 1. The van der Waals surface area contributed by atoms with Gasteiger partial charge < -0.3 is 19.4 Å². The second kappa shape index (κ2) is 7.79. The first kappa shape index (κ1) is 20.8. The van der Waals surface area contributed by atoms with Crippen LogP contribution in [0.4, 0.5) is 5.13 Å². The first-order valence-corrected chi connectivity index (χ1v) is 10.8. The molecule has 5 rings (SSSR count). The molecule has 8 nitrogen and oxygen atoms in total. The normalized spacial score (nSPS) is 16.1. The topological polar surface area (TPSA) is 113 Å². The Morgan fingerprint density at radius 3 is 2.73 bits per heavy atom. The number of ketones is 1. The van der Waals surface area contributed by atoms with Gasteiger partial charge in [-0.15, -0.1) is 0 Å². The van der Waals surface area contributed by atoms with Crippen LogP contribution in [0.3, 0.4) is 0 Å². The van der Waals surface area contributed by atoms with E-state index in [9.17, 15) is 19.8 Å². The number of phenolic OH excluding ortho intramolecular Hbond substituents is 1. The smallest absolute Gasteiger partial charge is 0.296 e. The number of ether oxygens (including phenoxy) is 1. The van der Waals surface area contributed by atoms with Crippen LogP contribution in [0.5, 0.6) is 11.5 Å². The quantitative estimate of drug-likeness (QED) is 0.414. The molecule has 9 heteroatoms. The SMILES string of the molecule is COc1cc(C2C(C(=O)c3ccco3)=C(O)C(=O)N2c2nc3ccc(C)cc3s2)ccc1O. The van der Waals surface area contributed by atoms with E-state index in [0.717, 1.165) is 10.3 Å². The van der Waals surface area contributed by atoms with E-state index in [-0.39, 0.29) is 22.8 Å². The maximum Gasteiger partial charge on any atom is 0.296 e. The lowest BCUT2D eigenvalue weighted by atomic mass is 9.95. The zero-order chi connectivity index (χ0) is 23.3. The second-order valence-electron chi connectivity index (χ2n) is 7.55. The first-order valence-electron chi connectivity index (χ1n) is 9.98. The highest BCUT2D eigenvalue weighted by atomic mass is 32.1. The van der Waals surface area contributed by atoms with Gasteiger partial charge in [0.05, 0.1) is 35.2 Å². The number of benzene rings is 2. The Labute approximate surface area is 192 Å². The summed E-state index contributed by atoms with van der Waals surface area (Å²) < 4.78 is 11.3. The van der Waals surface area contributed by atoms with Gasteiger partial charge in [-0.05, 0) is 54.4 Å². The Hall–Kier alpha value is -4.11. The average Bonchev–Trinajstić information content (AvgIpc) is 3.53. The number of aliphatic hydroxyl groups excluding tert-OH is 1. The van der Waals surface area contributed by atoms with Crippen molar-refractivity contribution in [3.63, 3.8) is 0 Å². The molecule has 0 fully saturated rings. The largest absolute Gasteiger partial charge is 0.504 e. The Kier molecular flexibility index (Phi) is 4.90. The average molecular weight is 462 g/mol. The zero-order valence-electron chi connectivity index (χ0n) is 17.6. The number of phenols is 1. The molecule has 166 valence electrons. The molecule has 1 unspecified atom stereocenters. The lowest BCUT2D eigenvalue weighted by Crippen LogP contribution is -2.31. The lowest BCUT2D eigenvalue weighted by Gasteiger charge is -2.24. The van der Waals surface area contributed by atoms with Crippen LogP contribution in [-0.4, -0.2) is 34.0 Å². The number of Topliss-reactive ketones (excluding diaryl/α,β-unsaturated/α-hetero) is 1. The predicted molar refractivity (Wildman–Crippen MR) is 122 cm³/mol. The van der Waals surface area contributed by atoms with E-state index in [4.69, 9.17) is 9.15 Å². The van der Waals surface area contributed by atoms with Gasteiger partial charge in [0, 0.05) is 0 Å². The molecular formula is C24H18N2O6S. The number of thiazole rings is 1. The predicted octanol–water partition coefficient (Wildman–Crippen LogP) is 4.69. The van der Waals surface area contributed by atoms with Crippen LogP contribution >= 0.6 is 11.3 Å². The van der Waals surface area contributed by atoms with E-state index in [1.54, 1.807) is 12.1 Å². The molecule has 33 heavy (non-hydrogen) atoms. The third kappa shape index (κ3) is 3.33. The van der Waals surface area contributed by atoms with Crippen molar-refractivity contribution in [3.05, 3.63) is 83.0 Å². The minimum atomic E-state index is -1.01. The number of anilines is 1. The number of carbonyl (C=O) groups excluding carboxylic acids is 2. The van der Waals surface area contributed by atoms with Crippen LogP contribution in [0.1, 0.15) is 27.7 Å². The van der Waals surface area contributed by atoms with Crippen molar-refractivity contribution < 1.29 is 29.0 Å². The molecule has 1 atom stereocenters. The number of aliphatic hydroxyl groups is 1. The van der Waals surface area contributed by atoms with Crippen molar-refractivity contribution in [2.75, 3.05) is 12.0 Å². The number of rotatable bonds is 5. The standard InChI is InChI=1S/C24H18N2O6S/c1-12-5-7-14-18(10-12)33-24(25-14)26-20(13-6-8-15(27)17(11-13)31-2)19(22(29)23(26)30)21(28)16-4-3-9-32-16/h3-11,20,27,29H,1-2H3. The fourth-order valence-electron chi connectivity index (χ4n) is 3.88. The van der Waals surface area contributed by atoms with Crippen molar-refractivity contribution >= 4 is 38.4 Å². The van der Waals surface area contributed by atoms with Gasteiger partial charge >= 0.3 is 0 Å². The molecule has 4 aromatic rings. The number of nitrogens with zero attached hydrogens (tertiary/aromatic N) is 2. The summed E-state index contributed by atoms with van der Waals surface area (Å²) in [6.07, 6.45) is 1.34. The van der Waals surface area contributed by atoms with Crippen LogP contribution in [0.2, 0.25) is 0 Å². The summed E-state index contributed by atoms with van der Waals surface area (Å²) in [5, 5.41) is 21.2. The van der Waals surface area contributed by atoms with Gasteiger partial charge in [-0.3, -0.25) is 14.5 Å². The number of methoxy groups -OCH3 is 1. The summed E-state index contributed by atoms with van der Waals surface area (Å²) in [6.45, 7) is 1.96. The number of aromatic hydroxyl groups is 1. The van der Waals surface area contributed by atoms with E-state index in [0.29, 0.717) is 16.2 Å². The molecular weight excluding hydrogens is 444 g/mol. The molecule has 0 aliphatic carbocycles. The number of hydrogen-bond acceptors (Lipinski definition) is 8. The number of hydrogen-bond donors (Lipinski definition) is 2. The molecule has 2 aromatic carbocycles. The van der Waals surface area contributed by atoms with Gasteiger partial charge in [-0.2, -0.15) is 0 Å². The molecule has 1 aliphatic rings. The molecule has 0 bridgehead atoms. The molecule has 0 saturated carbocycles. The molecule has 2 aromatic heterocycles. The summed E-state index contributed by atoms with van der Waals surface area (Å²) in [6, 6.07) is 12.2. The van der Waals surface area contributed by atoms with E-state index >= 15 is 0 Å². The van der Waals surface area contributed by atoms with Crippen molar-refractivity contribution in [1.82, 2.24) is 4.98 Å². The fraction of sp³-hybridized carbons (Fsp3) is 0.125. The first-order chi connectivity index (χ1) is 15.9. The number of fused-ring (bicyclic) bond motifs is 1. The highest BCUT2D eigenvalue weighted by Crippen LogP contribution is 2.45. The van der Waals surface area contributed by atoms with Gasteiger partial charge in [0.25, 0.3) is 5.91 Å². The molecule has 0 saturated heterocycles. The van der Waals surface area contributed by atoms with Crippen LogP contribution < -0.4 is 9.64 Å². The Bertz CT molecular complexity index is 1440. The third-order valence-corrected chi connectivity index (χ3v) is 6.47. The highest BCUT2D eigenvalue weighted by molar-refractivity contribution is 7.22. The lowest BCUT2D eigenvalue weighted by molar-refractivity contribution is -0.117. The fourth-order valence-corrected chi connectivity index (χ4v) is 4.97. The Balaban J connectivity index is 1.70. The number of aromatic nitrogens is 1. The summed E-state index contributed by atoms with van der Waals surface area (Å²) in [7, 11) is 1.40. The molecule has 1 aliphatic heterocycles. The third-order valence-electron chi connectivity index (χ3n) is 5.46. The maximum absolute atomic E-state index is 13.3. The molecule has 0 radical (unpaired) electrons. The van der Waals surface area contributed by atoms with Gasteiger partial charge in [0.15, 0.2) is 28.1 Å². The van der Waals surface area contributed by atoms with E-state index in [2.05, 4.69) is 4.98 Å². The van der Waals surface area contributed by atoms with Crippen LogP contribution in [0, 0.1) is 6.92 Å². The summed E-state index contributed by atoms with van der Waals surface area (Å²) >= 11 is 1.28. The molecule has 2 N–H and O–H groups in total.